The Bertz CT molecular complexity index is 732. The van der Waals surface area contributed by atoms with Crippen LogP contribution < -0.4 is 10.5 Å². The minimum atomic E-state index is -3.75. The molecule has 2 aromatic rings. The van der Waals surface area contributed by atoms with Crippen LogP contribution >= 0.6 is 0 Å². The molecule has 0 saturated carbocycles. The molecule has 0 fully saturated rings. The number of anilines is 1. The van der Waals surface area contributed by atoms with Gasteiger partial charge < -0.3 is 5.32 Å². The van der Waals surface area contributed by atoms with Crippen molar-refractivity contribution in [3.63, 3.8) is 0 Å². The van der Waals surface area contributed by atoms with Crippen molar-refractivity contribution in [1.82, 2.24) is 0 Å². The van der Waals surface area contributed by atoms with E-state index in [4.69, 9.17) is 5.14 Å². The van der Waals surface area contributed by atoms with Gasteiger partial charge in [0.05, 0.1) is 10.9 Å². The molecule has 2 rings (SSSR count). The van der Waals surface area contributed by atoms with Gasteiger partial charge in [0.15, 0.2) is 0 Å². The summed E-state index contributed by atoms with van der Waals surface area (Å²) in [6, 6.07) is 12.4. The highest BCUT2D eigenvalue weighted by Gasteiger charge is 2.14. The first-order chi connectivity index (χ1) is 9.91. The molecule has 0 amide bonds. The Labute approximate surface area is 123 Å². The van der Waals surface area contributed by atoms with Crippen molar-refractivity contribution in [1.29, 1.82) is 0 Å². The first-order valence-electron chi connectivity index (χ1n) is 6.55. The molecular weight excluding hydrogens is 291 g/mol. The van der Waals surface area contributed by atoms with E-state index in [1.54, 1.807) is 30.3 Å². The lowest BCUT2D eigenvalue weighted by atomic mass is 10.0. The highest BCUT2D eigenvalue weighted by atomic mass is 32.2. The second-order valence-electron chi connectivity index (χ2n) is 4.70. The van der Waals surface area contributed by atoms with Crippen LogP contribution in [0.25, 0.3) is 0 Å². The maximum atomic E-state index is 13.8. The summed E-state index contributed by atoms with van der Waals surface area (Å²) in [5, 5.41) is 8.25. The minimum Gasteiger partial charge on any atom is -0.378 e. The zero-order chi connectivity index (χ0) is 15.5. The maximum Gasteiger partial charge on any atom is 0.238 e. The van der Waals surface area contributed by atoms with Crippen LogP contribution in [0.4, 0.5) is 10.1 Å². The van der Waals surface area contributed by atoms with E-state index >= 15 is 0 Å². The average Bonchev–Trinajstić information content (AvgIpc) is 2.45. The molecule has 0 bridgehead atoms. The Morgan fingerprint density at radius 1 is 1.19 bits per heavy atom. The summed E-state index contributed by atoms with van der Waals surface area (Å²) >= 11 is 0. The van der Waals surface area contributed by atoms with Crippen LogP contribution in [0, 0.1) is 5.82 Å². The van der Waals surface area contributed by atoms with Gasteiger partial charge in [-0.25, -0.2) is 17.9 Å². The van der Waals surface area contributed by atoms with Gasteiger partial charge in [-0.2, -0.15) is 0 Å². The van der Waals surface area contributed by atoms with Gasteiger partial charge >= 0.3 is 0 Å². The number of hydrogen-bond donors (Lipinski definition) is 2. The molecule has 0 radical (unpaired) electrons. The zero-order valence-electron chi connectivity index (χ0n) is 11.6. The number of nitrogens with one attached hydrogen (secondary N) is 1. The number of hydrogen-bond acceptors (Lipinski definition) is 3. The van der Waals surface area contributed by atoms with Gasteiger partial charge in [-0.3, -0.25) is 0 Å². The Balaban J connectivity index is 2.30. The van der Waals surface area contributed by atoms with Crippen LogP contribution in [0.2, 0.25) is 0 Å². The number of nitrogens with two attached hydrogens (primary N) is 1. The van der Waals surface area contributed by atoms with Gasteiger partial charge in [0.1, 0.15) is 5.82 Å². The number of sulfonamides is 1. The molecule has 21 heavy (non-hydrogen) atoms. The first kappa shape index (κ1) is 15.5. The first-order valence-corrected chi connectivity index (χ1v) is 8.10. The Kier molecular flexibility index (Phi) is 4.59. The van der Waals surface area contributed by atoms with Gasteiger partial charge in [-0.05, 0) is 30.7 Å². The van der Waals surface area contributed by atoms with Crippen molar-refractivity contribution in [3.05, 3.63) is 59.9 Å². The molecule has 1 atom stereocenters. The number of rotatable bonds is 5. The van der Waals surface area contributed by atoms with Crippen molar-refractivity contribution in [2.45, 2.75) is 24.3 Å². The summed E-state index contributed by atoms with van der Waals surface area (Å²) < 4.78 is 36.6. The molecule has 0 heterocycles. The van der Waals surface area contributed by atoms with Crippen molar-refractivity contribution < 1.29 is 12.8 Å². The smallest absolute Gasteiger partial charge is 0.238 e. The van der Waals surface area contributed by atoms with Gasteiger partial charge in [-0.15, -0.1) is 0 Å². The molecule has 0 aliphatic heterocycles. The van der Waals surface area contributed by atoms with E-state index in [-0.39, 0.29) is 16.8 Å². The van der Waals surface area contributed by atoms with Gasteiger partial charge in [0.25, 0.3) is 0 Å². The summed E-state index contributed by atoms with van der Waals surface area (Å²) in [5.41, 5.74) is 1.12. The normalized spacial score (nSPS) is 12.9. The lowest BCUT2D eigenvalue weighted by molar-refractivity contribution is 0.587. The molecule has 3 N–H and O–H groups in total. The fourth-order valence-electron chi connectivity index (χ4n) is 2.12. The summed E-state index contributed by atoms with van der Waals surface area (Å²) in [6.45, 7) is 1.92. The standard InChI is InChI=1S/C15H17FN2O2S/c1-2-15(13-8-3-4-9-14(13)16)18-11-6-5-7-12(10-11)21(17,19)20/h3-10,15,18H,2H2,1H3,(H2,17,19,20). The Morgan fingerprint density at radius 3 is 2.52 bits per heavy atom. The molecule has 2 aromatic carbocycles. The van der Waals surface area contributed by atoms with E-state index in [0.717, 1.165) is 0 Å². The molecule has 0 aliphatic carbocycles. The van der Waals surface area contributed by atoms with Gasteiger partial charge in [-0.1, -0.05) is 31.2 Å². The van der Waals surface area contributed by atoms with Crippen molar-refractivity contribution in [3.8, 4) is 0 Å². The molecule has 4 nitrogen and oxygen atoms in total. The summed E-state index contributed by atoms with van der Waals surface area (Å²) in [6.07, 6.45) is 0.653. The van der Waals surface area contributed by atoms with Crippen molar-refractivity contribution >= 4 is 15.7 Å². The Morgan fingerprint density at radius 2 is 1.90 bits per heavy atom. The van der Waals surface area contributed by atoms with Crippen molar-refractivity contribution in [2.24, 2.45) is 5.14 Å². The lowest BCUT2D eigenvalue weighted by Crippen LogP contribution is -2.14. The molecule has 0 spiro atoms. The average molecular weight is 308 g/mol. The third kappa shape index (κ3) is 3.80. The topological polar surface area (TPSA) is 72.2 Å². The largest absolute Gasteiger partial charge is 0.378 e. The molecule has 112 valence electrons. The third-order valence-electron chi connectivity index (χ3n) is 3.19. The third-order valence-corrected chi connectivity index (χ3v) is 4.10. The van der Waals surface area contributed by atoms with Crippen LogP contribution in [0.5, 0.6) is 0 Å². The maximum absolute atomic E-state index is 13.8. The van der Waals surface area contributed by atoms with E-state index in [2.05, 4.69) is 5.32 Å². The minimum absolute atomic E-state index is 0.0240. The predicted octanol–water partition coefficient (Wildman–Crippen LogP) is 3.04. The van der Waals surface area contributed by atoms with Gasteiger partial charge in [0, 0.05) is 11.3 Å². The highest BCUT2D eigenvalue weighted by Crippen LogP contribution is 2.25. The SMILES string of the molecule is CCC(Nc1cccc(S(N)(=O)=O)c1)c1ccccc1F. The Hall–Kier alpha value is -1.92. The number of benzene rings is 2. The zero-order valence-corrected chi connectivity index (χ0v) is 12.4. The van der Waals surface area contributed by atoms with E-state index in [1.807, 2.05) is 6.92 Å². The van der Waals surface area contributed by atoms with Crippen LogP contribution in [-0.4, -0.2) is 8.42 Å². The summed E-state index contributed by atoms with van der Waals surface area (Å²) in [7, 11) is -3.75. The number of primary sulfonamides is 1. The van der Waals surface area contributed by atoms with E-state index in [0.29, 0.717) is 17.7 Å². The second kappa shape index (κ2) is 6.24. The van der Waals surface area contributed by atoms with Crippen LogP contribution in [-0.2, 0) is 10.0 Å². The molecule has 6 heteroatoms. The van der Waals surface area contributed by atoms with E-state index < -0.39 is 10.0 Å². The van der Waals surface area contributed by atoms with Gasteiger partial charge in [0.2, 0.25) is 10.0 Å². The molecule has 0 aliphatic rings. The summed E-state index contributed by atoms with van der Waals surface area (Å²) in [4.78, 5) is 0.0240. The predicted molar refractivity (Wildman–Crippen MR) is 80.9 cm³/mol. The van der Waals surface area contributed by atoms with Crippen LogP contribution in [0.1, 0.15) is 24.9 Å². The molecule has 0 saturated heterocycles. The lowest BCUT2D eigenvalue weighted by Gasteiger charge is -2.19. The van der Waals surface area contributed by atoms with Crippen LogP contribution in [0.15, 0.2) is 53.4 Å². The van der Waals surface area contributed by atoms with Crippen molar-refractivity contribution in [2.75, 3.05) is 5.32 Å². The monoisotopic (exact) mass is 308 g/mol. The quantitative estimate of drug-likeness (QED) is 0.891. The highest BCUT2D eigenvalue weighted by molar-refractivity contribution is 7.89. The fraction of sp³-hybridized carbons (Fsp3) is 0.200. The molecular formula is C15H17FN2O2S. The van der Waals surface area contributed by atoms with E-state index in [9.17, 15) is 12.8 Å². The number of halogens is 1. The summed E-state index contributed by atoms with van der Waals surface area (Å²) in [5.74, 6) is -0.292. The van der Waals surface area contributed by atoms with E-state index in [1.165, 1.54) is 18.2 Å². The molecule has 1 unspecified atom stereocenters. The van der Waals surface area contributed by atoms with Crippen LogP contribution in [0.3, 0.4) is 0 Å². The fourth-order valence-corrected chi connectivity index (χ4v) is 2.68. The molecule has 0 aromatic heterocycles. The second-order valence-corrected chi connectivity index (χ2v) is 6.26.